The van der Waals surface area contributed by atoms with Crippen LogP contribution in [0.1, 0.15) is 51.2 Å². The van der Waals surface area contributed by atoms with Gasteiger partial charge in [0.15, 0.2) is 0 Å². The van der Waals surface area contributed by atoms with Crippen LogP contribution in [0.5, 0.6) is 0 Å². The van der Waals surface area contributed by atoms with E-state index in [0.29, 0.717) is 5.56 Å². The zero-order chi connectivity index (χ0) is 15.3. The molecule has 0 spiro atoms. The topological polar surface area (TPSA) is 12.0 Å². The standard InChI is InChI=1S/C16H24F3N/c1-5-10-20-15(11(2)3)12(4)13-8-6-7-9-14(13)16(17,18)19/h6-9,11-12,15,20H,5,10H2,1-4H3. The first kappa shape index (κ1) is 17.0. The summed E-state index contributed by atoms with van der Waals surface area (Å²) in [6.07, 6.45) is -3.33. The van der Waals surface area contributed by atoms with Crippen LogP contribution < -0.4 is 5.32 Å². The molecule has 0 amide bonds. The van der Waals surface area contributed by atoms with Crippen LogP contribution in [0, 0.1) is 5.92 Å². The third-order valence-electron chi connectivity index (χ3n) is 3.64. The van der Waals surface area contributed by atoms with E-state index in [1.54, 1.807) is 12.1 Å². The van der Waals surface area contributed by atoms with Crippen molar-refractivity contribution in [2.24, 2.45) is 5.92 Å². The Morgan fingerprint density at radius 2 is 1.70 bits per heavy atom. The summed E-state index contributed by atoms with van der Waals surface area (Å²) >= 11 is 0. The molecule has 114 valence electrons. The summed E-state index contributed by atoms with van der Waals surface area (Å²) in [5, 5.41) is 3.38. The smallest absolute Gasteiger partial charge is 0.313 e. The Morgan fingerprint density at radius 3 is 2.20 bits per heavy atom. The summed E-state index contributed by atoms with van der Waals surface area (Å²) in [5.41, 5.74) is -0.140. The minimum absolute atomic E-state index is 0.0402. The number of nitrogens with one attached hydrogen (secondary N) is 1. The summed E-state index contributed by atoms with van der Waals surface area (Å²) in [6.45, 7) is 8.83. The van der Waals surface area contributed by atoms with Gasteiger partial charge in [0.25, 0.3) is 0 Å². The van der Waals surface area contributed by atoms with Crippen molar-refractivity contribution in [2.75, 3.05) is 6.54 Å². The van der Waals surface area contributed by atoms with Crippen LogP contribution in [0.25, 0.3) is 0 Å². The zero-order valence-electron chi connectivity index (χ0n) is 12.6. The van der Waals surface area contributed by atoms with E-state index in [-0.39, 0.29) is 17.9 Å². The highest BCUT2D eigenvalue weighted by atomic mass is 19.4. The Hall–Kier alpha value is -1.03. The molecular weight excluding hydrogens is 263 g/mol. The summed E-state index contributed by atoms with van der Waals surface area (Å²) < 4.78 is 39.3. The van der Waals surface area contributed by atoms with Gasteiger partial charge >= 0.3 is 6.18 Å². The van der Waals surface area contributed by atoms with Crippen LogP contribution in [0.15, 0.2) is 24.3 Å². The molecule has 0 fully saturated rings. The van der Waals surface area contributed by atoms with Gasteiger partial charge < -0.3 is 5.32 Å². The first-order chi connectivity index (χ1) is 9.29. The van der Waals surface area contributed by atoms with Gasteiger partial charge in [0, 0.05) is 6.04 Å². The van der Waals surface area contributed by atoms with Gasteiger partial charge in [-0.25, -0.2) is 0 Å². The Labute approximate surface area is 119 Å². The SMILES string of the molecule is CCCNC(C(C)C)C(C)c1ccccc1C(F)(F)F. The van der Waals surface area contributed by atoms with Gasteiger partial charge in [0.05, 0.1) is 5.56 Å². The summed E-state index contributed by atoms with van der Waals surface area (Å²) in [6, 6.07) is 5.93. The van der Waals surface area contributed by atoms with E-state index >= 15 is 0 Å². The van der Waals surface area contributed by atoms with Gasteiger partial charge in [-0.15, -0.1) is 0 Å². The first-order valence-electron chi connectivity index (χ1n) is 7.18. The predicted molar refractivity (Wildman–Crippen MR) is 76.8 cm³/mol. The number of hydrogen-bond acceptors (Lipinski definition) is 1. The molecule has 1 aromatic rings. The molecule has 1 aromatic carbocycles. The van der Waals surface area contributed by atoms with Crippen LogP contribution >= 0.6 is 0 Å². The van der Waals surface area contributed by atoms with Crippen molar-refractivity contribution in [3.63, 3.8) is 0 Å². The maximum Gasteiger partial charge on any atom is 0.416 e. The molecule has 0 bridgehead atoms. The fourth-order valence-corrected chi connectivity index (χ4v) is 2.65. The molecule has 0 saturated heterocycles. The monoisotopic (exact) mass is 287 g/mol. The van der Waals surface area contributed by atoms with Crippen molar-refractivity contribution in [1.29, 1.82) is 0 Å². The number of halogens is 3. The average molecular weight is 287 g/mol. The molecule has 2 atom stereocenters. The van der Waals surface area contributed by atoms with Crippen molar-refractivity contribution in [2.45, 2.75) is 52.3 Å². The van der Waals surface area contributed by atoms with E-state index in [4.69, 9.17) is 0 Å². The summed E-state index contributed by atoms with van der Waals surface area (Å²) in [5.74, 6) is 0.0946. The third kappa shape index (κ3) is 4.23. The fourth-order valence-electron chi connectivity index (χ4n) is 2.65. The highest BCUT2D eigenvalue weighted by molar-refractivity contribution is 5.33. The molecule has 1 nitrogen and oxygen atoms in total. The van der Waals surface area contributed by atoms with Crippen LogP contribution in [0.4, 0.5) is 13.2 Å². The number of rotatable bonds is 6. The van der Waals surface area contributed by atoms with E-state index in [1.807, 2.05) is 20.8 Å². The summed E-state index contributed by atoms with van der Waals surface area (Å²) in [7, 11) is 0. The van der Waals surface area contributed by atoms with E-state index in [1.165, 1.54) is 12.1 Å². The van der Waals surface area contributed by atoms with Gasteiger partial charge in [-0.1, -0.05) is 45.9 Å². The highest BCUT2D eigenvalue weighted by Crippen LogP contribution is 2.37. The number of alkyl halides is 3. The lowest BCUT2D eigenvalue weighted by Gasteiger charge is -2.30. The number of benzene rings is 1. The van der Waals surface area contributed by atoms with Gasteiger partial charge in [-0.2, -0.15) is 13.2 Å². The second-order valence-electron chi connectivity index (χ2n) is 5.60. The molecule has 1 N–H and O–H groups in total. The maximum absolute atomic E-state index is 13.1. The maximum atomic E-state index is 13.1. The van der Waals surface area contributed by atoms with Crippen LogP contribution in [-0.2, 0) is 6.18 Å². The Balaban J connectivity index is 3.08. The minimum Gasteiger partial charge on any atom is -0.313 e. The number of hydrogen-bond donors (Lipinski definition) is 1. The second-order valence-corrected chi connectivity index (χ2v) is 5.60. The Kier molecular flexibility index (Phi) is 6.06. The predicted octanol–water partition coefficient (Wildman–Crippen LogP) is 4.83. The van der Waals surface area contributed by atoms with Crippen LogP contribution in [0.2, 0.25) is 0 Å². The van der Waals surface area contributed by atoms with E-state index in [0.717, 1.165) is 13.0 Å². The second kappa shape index (κ2) is 7.11. The van der Waals surface area contributed by atoms with Gasteiger partial charge in [0.2, 0.25) is 0 Å². The quantitative estimate of drug-likeness (QED) is 0.790. The molecule has 0 aliphatic carbocycles. The molecule has 0 radical (unpaired) electrons. The lowest BCUT2D eigenvalue weighted by molar-refractivity contribution is -0.138. The zero-order valence-corrected chi connectivity index (χ0v) is 12.6. The normalized spacial score (nSPS) is 15.4. The summed E-state index contributed by atoms with van der Waals surface area (Å²) in [4.78, 5) is 0. The minimum atomic E-state index is -4.29. The van der Waals surface area contributed by atoms with Gasteiger partial charge in [0.1, 0.15) is 0 Å². The molecule has 0 aromatic heterocycles. The fraction of sp³-hybridized carbons (Fsp3) is 0.625. The van der Waals surface area contributed by atoms with Crippen LogP contribution in [0.3, 0.4) is 0 Å². The van der Waals surface area contributed by atoms with Crippen molar-refractivity contribution in [3.05, 3.63) is 35.4 Å². The Morgan fingerprint density at radius 1 is 1.10 bits per heavy atom. The molecule has 0 aliphatic rings. The molecule has 4 heteroatoms. The molecule has 0 saturated carbocycles. The van der Waals surface area contributed by atoms with Crippen molar-refractivity contribution >= 4 is 0 Å². The average Bonchev–Trinajstić information content (AvgIpc) is 2.37. The Bertz CT molecular complexity index is 412. The largest absolute Gasteiger partial charge is 0.416 e. The van der Waals surface area contributed by atoms with Crippen molar-refractivity contribution in [3.8, 4) is 0 Å². The van der Waals surface area contributed by atoms with Crippen LogP contribution in [-0.4, -0.2) is 12.6 Å². The third-order valence-corrected chi connectivity index (χ3v) is 3.64. The van der Waals surface area contributed by atoms with E-state index < -0.39 is 11.7 Å². The lowest BCUT2D eigenvalue weighted by Crippen LogP contribution is -2.39. The molecule has 0 aliphatic heterocycles. The highest BCUT2D eigenvalue weighted by Gasteiger charge is 2.35. The van der Waals surface area contributed by atoms with Crippen molar-refractivity contribution in [1.82, 2.24) is 5.32 Å². The van der Waals surface area contributed by atoms with Crippen molar-refractivity contribution < 1.29 is 13.2 Å². The molecule has 2 unspecified atom stereocenters. The van der Waals surface area contributed by atoms with Gasteiger partial charge in [-0.05, 0) is 36.4 Å². The lowest BCUT2D eigenvalue weighted by atomic mass is 9.84. The molecular formula is C16H24F3N. The molecule has 1 rings (SSSR count). The van der Waals surface area contributed by atoms with Gasteiger partial charge in [-0.3, -0.25) is 0 Å². The van der Waals surface area contributed by atoms with E-state index in [2.05, 4.69) is 12.2 Å². The first-order valence-corrected chi connectivity index (χ1v) is 7.18. The molecule has 20 heavy (non-hydrogen) atoms. The molecule has 0 heterocycles. The van der Waals surface area contributed by atoms with E-state index in [9.17, 15) is 13.2 Å².